The van der Waals surface area contributed by atoms with Crippen molar-refractivity contribution in [2.24, 2.45) is 10.1 Å². The summed E-state index contributed by atoms with van der Waals surface area (Å²) in [5.41, 5.74) is 4.29. The van der Waals surface area contributed by atoms with Crippen LogP contribution in [0.4, 0.5) is 4.79 Å². The number of amides is 2. The topological polar surface area (TPSA) is 124 Å². The first kappa shape index (κ1) is 12.3. The molecule has 2 amide bonds. The molecule has 1 aliphatic rings. The molecule has 7 nitrogen and oxygen atoms in total. The first-order chi connectivity index (χ1) is 7.35. The highest BCUT2D eigenvalue weighted by atomic mass is 32.2. The van der Waals surface area contributed by atoms with Crippen LogP contribution in [0, 0.1) is 0 Å². The van der Waals surface area contributed by atoms with E-state index in [1.165, 1.54) is 0 Å². The normalized spacial score (nSPS) is 13.8. The number of nitrogens with zero attached hydrogens (tertiary/aromatic N) is 1. The van der Waals surface area contributed by atoms with Gasteiger partial charge in [-0.3, -0.25) is 0 Å². The van der Waals surface area contributed by atoms with Crippen LogP contribution >= 0.6 is 0 Å². The van der Waals surface area contributed by atoms with E-state index in [1.807, 2.05) is 0 Å². The molecule has 0 spiro atoms. The average molecular weight is 262 g/mol. The van der Waals surface area contributed by atoms with E-state index in [0.717, 1.165) is 0 Å². The Morgan fingerprint density at radius 3 is 1.81 bits per heavy atom. The molecule has 9 heteroatoms. The van der Waals surface area contributed by atoms with Gasteiger partial charge in [-0.05, 0) is 12.1 Å². The summed E-state index contributed by atoms with van der Waals surface area (Å²) in [4.78, 5) is 10.5. The van der Waals surface area contributed by atoms with Crippen molar-refractivity contribution in [1.29, 1.82) is 0 Å². The Hall–Kier alpha value is -1.74. The van der Waals surface area contributed by atoms with Gasteiger partial charge in [-0.2, -0.15) is 8.42 Å². The molecule has 86 valence electrons. The lowest BCUT2D eigenvalue weighted by Gasteiger charge is -1.64. The largest absolute Gasteiger partial charge is 0.353 e. The van der Waals surface area contributed by atoms with Gasteiger partial charge in [0.2, 0.25) is 9.84 Å². The third-order valence-corrected chi connectivity index (χ3v) is 3.55. The Balaban J connectivity index is 0.000000168. The number of hydrogen-bond donors (Lipinski definition) is 1. The Morgan fingerprint density at radius 2 is 1.62 bits per heavy atom. The van der Waals surface area contributed by atoms with Crippen LogP contribution in [0.3, 0.4) is 0 Å². The molecule has 0 fully saturated rings. The summed E-state index contributed by atoms with van der Waals surface area (Å²) in [6.45, 7) is 0. The van der Waals surface area contributed by atoms with Gasteiger partial charge >= 0.3 is 16.5 Å². The second-order valence-corrected chi connectivity index (χ2v) is 5.10. The van der Waals surface area contributed by atoms with Gasteiger partial charge in [-0.15, -0.1) is 0 Å². The van der Waals surface area contributed by atoms with Crippen molar-refractivity contribution in [2.75, 3.05) is 0 Å². The summed E-state index contributed by atoms with van der Waals surface area (Å²) >= 11 is 0. The average Bonchev–Trinajstić information content (AvgIpc) is 2.69. The Bertz CT molecular complexity index is 623. The number of sulfone groups is 1. The number of hydrogen-bond acceptors (Lipinski definition) is 5. The van der Waals surface area contributed by atoms with Crippen LogP contribution in [0.25, 0.3) is 0 Å². The molecule has 1 heterocycles. The van der Waals surface area contributed by atoms with Crippen LogP contribution in [-0.2, 0) is 20.3 Å². The zero-order chi connectivity index (χ0) is 12.3. The van der Waals surface area contributed by atoms with Gasteiger partial charge in [-0.1, -0.05) is 16.5 Å². The maximum absolute atomic E-state index is 10.7. The molecule has 16 heavy (non-hydrogen) atoms. The number of primary amides is 1. The van der Waals surface area contributed by atoms with E-state index >= 15 is 0 Å². The fraction of sp³-hybridized carbons (Fsp3) is 0. The smallest absolute Gasteiger partial charge is 0.349 e. The second kappa shape index (κ2) is 4.41. The minimum atomic E-state index is -2.88. The highest BCUT2D eigenvalue weighted by Gasteiger charge is 2.37. The second-order valence-electron chi connectivity index (χ2n) is 2.60. The number of rotatable bonds is 0. The molecule has 1 aromatic rings. The molecule has 0 aliphatic carbocycles. The molecule has 0 unspecified atom stereocenters. The fourth-order valence-electron chi connectivity index (χ4n) is 0.926. The van der Waals surface area contributed by atoms with Crippen molar-refractivity contribution < 1.29 is 21.6 Å². The lowest BCUT2D eigenvalue weighted by Crippen LogP contribution is -2.02. The highest BCUT2D eigenvalue weighted by Crippen LogP contribution is 2.38. The maximum atomic E-state index is 10.7. The standard InChI is InChI=1S/C6H4O2S.CH2N2O3S/c7-9(8)5-3-1-2-4-6(5)9;2-1(4)3-7(5)6/h1-4H;(H2,2,4). The molecule has 0 saturated heterocycles. The first-order valence-corrected chi connectivity index (χ1v) is 6.32. The van der Waals surface area contributed by atoms with Crippen molar-refractivity contribution in [2.45, 2.75) is 9.79 Å². The van der Waals surface area contributed by atoms with E-state index in [9.17, 15) is 21.6 Å². The molecule has 0 radical (unpaired) electrons. The predicted molar refractivity (Wildman–Crippen MR) is 52.8 cm³/mol. The molecule has 2 rings (SSSR count). The van der Waals surface area contributed by atoms with Crippen LogP contribution in [0.1, 0.15) is 0 Å². The fourth-order valence-corrected chi connectivity index (χ4v) is 2.37. The lowest BCUT2D eigenvalue weighted by atomic mass is 10.4. The van der Waals surface area contributed by atoms with E-state index in [4.69, 9.17) is 0 Å². The monoisotopic (exact) mass is 262 g/mol. The lowest BCUT2D eigenvalue weighted by molar-refractivity contribution is 0.257. The molecule has 2 N–H and O–H groups in total. The van der Waals surface area contributed by atoms with Gasteiger partial charge < -0.3 is 5.73 Å². The minimum absolute atomic E-state index is 0.491. The Labute approximate surface area is 92.5 Å². The van der Waals surface area contributed by atoms with E-state index in [2.05, 4.69) is 10.1 Å². The maximum Gasteiger partial charge on any atom is 0.353 e. The summed E-state index contributed by atoms with van der Waals surface area (Å²) < 4.78 is 42.5. The predicted octanol–water partition coefficient (Wildman–Crippen LogP) is -0.0394. The van der Waals surface area contributed by atoms with E-state index in [1.54, 1.807) is 24.3 Å². The SMILES string of the molecule is NC(=O)N=S(=O)=O.O=S1(=O)c2ccccc21. The summed E-state index contributed by atoms with van der Waals surface area (Å²) in [5, 5.41) is 0. The van der Waals surface area contributed by atoms with Gasteiger partial charge in [0, 0.05) is 0 Å². The van der Waals surface area contributed by atoms with Crippen LogP contribution in [0.2, 0.25) is 0 Å². The van der Waals surface area contributed by atoms with Gasteiger partial charge in [0.05, 0.1) is 9.79 Å². The molecule has 1 aromatic carbocycles. The van der Waals surface area contributed by atoms with Crippen LogP contribution in [0.15, 0.2) is 38.4 Å². The number of nitrogens with two attached hydrogens (primary N) is 1. The molecule has 0 atom stereocenters. The van der Waals surface area contributed by atoms with Crippen LogP contribution in [0.5, 0.6) is 0 Å². The molecule has 1 aliphatic heterocycles. The molecule has 0 bridgehead atoms. The van der Waals surface area contributed by atoms with E-state index < -0.39 is 26.4 Å². The van der Waals surface area contributed by atoms with Gasteiger partial charge in [-0.25, -0.2) is 13.2 Å². The number of fused-ring (bicyclic) bond motifs is 1. The number of benzene rings is 1. The zero-order valence-electron chi connectivity index (χ0n) is 7.69. The number of carbonyl (C=O) groups excluding carboxylic acids is 1. The number of carbonyl (C=O) groups is 1. The highest BCUT2D eigenvalue weighted by molar-refractivity contribution is 7.97. The van der Waals surface area contributed by atoms with Crippen molar-refractivity contribution in [3.05, 3.63) is 24.3 Å². The van der Waals surface area contributed by atoms with Crippen molar-refractivity contribution in [1.82, 2.24) is 0 Å². The molecule has 0 aromatic heterocycles. The van der Waals surface area contributed by atoms with Crippen molar-refractivity contribution >= 4 is 26.4 Å². The van der Waals surface area contributed by atoms with Crippen LogP contribution < -0.4 is 5.73 Å². The van der Waals surface area contributed by atoms with Crippen LogP contribution in [-0.4, -0.2) is 22.9 Å². The molecular weight excluding hydrogens is 256 g/mol. The van der Waals surface area contributed by atoms with Gasteiger partial charge in [0.1, 0.15) is 0 Å². The third kappa shape index (κ3) is 2.87. The van der Waals surface area contributed by atoms with Crippen molar-refractivity contribution in [3.8, 4) is 0 Å². The Morgan fingerprint density at radius 1 is 1.19 bits per heavy atom. The Kier molecular flexibility index (Phi) is 3.40. The molecular formula is C7H6N2O5S2. The third-order valence-electron chi connectivity index (χ3n) is 1.55. The quantitative estimate of drug-likeness (QED) is 0.667. The van der Waals surface area contributed by atoms with E-state index in [-0.39, 0.29) is 0 Å². The van der Waals surface area contributed by atoms with Gasteiger partial charge in [0.25, 0.3) is 0 Å². The van der Waals surface area contributed by atoms with E-state index in [0.29, 0.717) is 9.79 Å². The number of urea groups is 1. The zero-order valence-corrected chi connectivity index (χ0v) is 9.32. The minimum Gasteiger partial charge on any atom is -0.349 e. The summed E-state index contributed by atoms with van der Waals surface area (Å²) in [7, 11) is -5.57. The summed E-state index contributed by atoms with van der Waals surface area (Å²) in [6.07, 6.45) is 0. The van der Waals surface area contributed by atoms with Crippen molar-refractivity contribution in [3.63, 3.8) is 0 Å². The molecule has 0 saturated carbocycles. The summed E-state index contributed by atoms with van der Waals surface area (Å²) in [5.74, 6) is 0. The first-order valence-electron chi connectivity index (χ1n) is 3.80. The summed E-state index contributed by atoms with van der Waals surface area (Å²) in [6, 6.07) is 5.48. The van der Waals surface area contributed by atoms with Gasteiger partial charge in [0.15, 0.2) is 0 Å².